The Bertz CT molecular complexity index is 1270. The lowest BCUT2D eigenvalue weighted by molar-refractivity contribution is -0.115. The molecular weight excluding hydrogens is 460 g/mol. The number of amides is 1. The van der Waals surface area contributed by atoms with E-state index in [1.807, 2.05) is 31.2 Å². The number of benzene rings is 3. The fourth-order valence-corrected chi connectivity index (χ4v) is 3.94. The van der Waals surface area contributed by atoms with Crippen LogP contribution >= 0.6 is 23.4 Å². The highest BCUT2D eigenvalue weighted by Gasteiger charge is 2.24. The zero-order chi connectivity index (χ0) is 23.4. The zero-order valence-electron chi connectivity index (χ0n) is 17.8. The van der Waals surface area contributed by atoms with E-state index >= 15 is 0 Å². The van der Waals surface area contributed by atoms with Crippen molar-refractivity contribution in [1.29, 1.82) is 0 Å². The number of methoxy groups -OCH3 is 1. The van der Waals surface area contributed by atoms with Gasteiger partial charge in [-0.05, 0) is 78.9 Å². The van der Waals surface area contributed by atoms with Gasteiger partial charge in [-0.3, -0.25) is 4.79 Å². The van der Waals surface area contributed by atoms with Crippen LogP contribution in [-0.4, -0.2) is 24.2 Å². The number of halogens is 1. The molecule has 8 heteroatoms. The van der Waals surface area contributed by atoms with E-state index in [-0.39, 0.29) is 11.7 Å². The maximum absolute atomic E-state index is 12.4. The van der Waals surface area contributed by atoms with Crippen molar-refractivity contribution in [2.24, 2.45) is 4.99 Å². The summed E-state index contributed by atoms with van der Waals surface area (Å²) in [6, 6.07) is 19.2. The van der Waals surface area contributed by atoms with E-state index in [0.29, 0.717) is 32.0 Å². The number of carbonyl (C=O) groups is 2. The van der Waals surface area contributed by atoms with Crippen LogP contribution in [0, 0.1) is 6.92 Å². The summed E-state index contributed by atoms with van der Waals surface area (Å²) >= 11 is 7.11. The van der Waals surface area contributed by atoms with Gasteiger partial charge in [0.1, 0.15) is 0 Å². The van der Waals surface area contributed by atoms with E-state index in [2.05, 4.69) is 10.3 Å². The molecule has 0 unspecified atom stereocenters. The number of nitrogens with one attached hydrogen (secondary N) is 1. The lowest BCUT2D eigenvalue weighted by Crippen LogP contribution is -2.19. The number of hydrogen-bond donors (Lipinski definition) is 1. The molecule has 0 aliphatic carbocycles. The van der Waals surface area contributed by atoms with Gasteiger partial charge in [0.05, 0.1) is 23.3 Å². The molecule has 3 aromatic carbocycles. The van der Waals surface area contributed by atoms with Gasteiger partial charge in [0.2, 0.25) is 0 Å². The van der Waals surface area contributed by atoms with Gasteiger partial charge >= 0.3 is 5.97 Å². The Morgan fingerprint density at radius 2 is 1.76 bits per heavy atom. The number of ether oxygens (including phenoxy) is 2. The summed E-state index contributed by atoms with van der Waals surface area (Å²) in [4.78, 5) is 29.8. The molecule has 166 valence electrons. The SMILES string of the molecule is COc1cc(/C=C2\SC(=Nc3ccc(C)cc3)NC2=O)ccc1OC(=O)c1ccc(Cl)cc1. The van der Waals surface area contributed by atoms with Crippen LogP contribution in [0.3, 0.4) is 0 Å². The number of nitrogens with zero attached hydrogens (tertiary/aromatic N) is 1. The number of hydrogen-bond acceptors (Lipinski definition) is 6. The molecule has 0 aromatic heterocycles. The van der Waals surface area contributed by atoms with Gasteiger partial charge in [-0.15, -0.1) is 0 Å². The maximum Gasteiger partial charge on any atom is 0.343 e. The summed E-state index contributed by atoms with van der Waals surface area (Å²) in [5.74, 6) is -0.129. The molecule has 1 aliphatic heterocycles. The molecule has 6 nitrogen and oxygen atoms in total. The predicted molar refractivity (Wildman–Crippen MR) is 131 cm³/mol. The standard InChI is InChI=1S/C25H19ClN2O4S/c1-15-3-10-19(11-4-15)27-25-28-23(29)22(33-25)14-16-5-12-20(21(13-16)31-2)32-24(30)17-6-8-18(26)9-7-17/h3-14H,1-2H3,(H,27,28,29)/b22-14-. The Balaban J connectivity index is 1.51. The van der Waals surface area contributed by atoms with Crippen molar-refractivity contribution in [3.63, 3.8) is 0 Å². The topological polar surface area (TPSA) is 77.0 Å². The zero-order valence-corrected chi connectivity index (χ0v) is 19.4. The van der Waals surface area contributed by atoms with Crippen molar-refractivity contribution in [2.75, 3.05) is 7.11 Å². The molecule has 1 fully saturated rings. The molecule has 0 spiro atoms. The number of esters is 1. The molecular formula is C25H19ClN2O4S. The molecule has 3 aromatic rings. The van der Waals surface area contributed by atoms with E-state index in [1.165, 1.54) is 18.9 Å². The summed E-state index contributed by atoms with van der Waals surface area (Å²) in [7, 11) is 1.48. The lowest BCUT2D eigenvalue weighted by Gasteiger charge is -2.10. The second-order valence-corrected chi connectivity index (χ2v) is 8.59. The van der Waals surface area contributed by atoms with Gasteiger partial charge in [0, 0.05) is 5.02 Å². The van der Waals surface area contributed by atoms with Gasteiger partial charge in [-0.2, -0.15) is 0 Å². The van der Waals surface area contributed by atoms with Crippen molar-refractivity contribution < 1.29 is 19.1 Å². The van der Waals surface area contributed by atoms with Crippen LogP contribution in [0.5, 0.6) is 11.5 Å². The molecule has 1 amide bonds. The first-order valence-electron chi connectivity index (χ1n) is 9.93. The van der Waals surface area contributed by atoms with E-state index in [4.69, 9.17) is 21.1 Å². The Labute approximate surface area is 200 Å². The van der Waals surface area contributed by atoms with Crippen molar-refractivity contribution >= 4 is 52.2 Å². The van der Waals surface area contributed by atoms with Crippen LogP contribution in [0.15, 0.2) is 76.6 Å². The number of rotatable bonds is 5. The van der Waals surface area contributed by atoms with E-state index < -0.39 is 5.97 Å². The fraction of sp³-hybridized carbons (Fsp3) is 0.0800. The number of thioether (sulfide) groups is 1. The molecule has 4 rings (SSSR count). The van der Waals surface area contributed by atoms with Gasteiger partial charge in [0.15, 0.2) is 16.7 Å². The van der Waals surface area contributed by atoms with E-state index in [9.17, 15) is 9.59 Å². The van der Waals surface area contributed by atoms with E-state index in [1.54, 1.807) is 48.5 Å². The predicted octanol–water partition coefficient (Wildman–Crippen LogP) is 5.77. The number of aliphatic imine (C=N–C) groups is 1. The van der Waals surface area contributed by atoms with Gasteiger partial charge in [0.25, 0.3) is 5.91 Å². The monoisotopic (exact) mass is 478 g/mol. The minimum absolute atomic E-state index is 0.233. The number of aryl methyl sites for hydroxylation is 1. The third-order valence-electron chi connectivity index (χ3n) is 4.68. The minimum atomic E-state index is -0.529. The van der Waals surface area contributed by atoms with E-state index in [0.717, 1.165) is 11.3 Å². The lowest BCUT2D eigenvalue weighted by atomic mass is 10.2. The van der Waals surface area contributed by atoms with Crippen LogP contribution in [0.2, 0.25) is 5.02 Å². The smallest absolute Gasteiger partial charge is 0.343 e. The Hall–Kier alpha value is -3.55. The molecule has 0 radical (unpaired) electrons. The first-order valence-corrected chi connectivity index (χ1v) is 11.1. The van der Waals surface area contributed by atoms with Gasteiger partial charge in [-0.1, -0.05) is 35.4 Å². The minimum Gasteiger partial charge on any atom is -0.493 e. The normalized spacial score (nSPS) is 15.5. The Morgan fingerprint density at radius 3 is 2.45 bits per heavy atom. The largest absolute Gasteiger partial charge is 0.493 e. The number of carbonyl (C=O) groups excluding carboxylic acids is 2. The highest BCUT2D eigenvalue weighted by Crippen LogP contribution is 2.32. The fourth-order valence-electron chi connectivity index (χ4n) is 2.97. The highest BCUT2D eigenvalue weighted by atomic mass is 35.5. The molecule has 0 bridgehead atoms. The number of amidine groups is 1. The van der Waals surface area contributed by atoms with Crippen LogP contribution in [0.4, 0.5) is 5.69 Å². The molecule has 0 saturated carbocycles. The van der Waals surface area contributed by atoms with Crippen LogP contribution in [-0.2, 0) is 4.79 Å². The third-order valence-corrected chi connectivity index (χ3v) is 5.85. The molecule has 1 heterocycles. The summed E-state index contributed by atoms with van der Waals surface area (Å²) in [6.45, 7) is 2.00. The average Bonchev–Trinajstić information content (AvgIpc) is 3.15. The summed E-state index contributed by atoms with van der Waals surface area (Å²) in [6.07, 6.45) is 1.73. The van der Waals surface area contributed by atoms with Crippen LogP contribution < -0.4 is 14.8 Å². The summed E-state index contributed by atoms with van der Waals surface area (Å²) < 4.78 is 10.9. The molecule has 1 aliphatic rings. The quantitative estimate of drug-likeness (QED) is 0.286. The first kappa shape index (κ1) is 22.6. The molecule has 0 atom stereocenters. The summed E-state index contributed by atoms with van der Waals surface area (Å²) in [5.41, 5.74) is 2.98. The van der Waals surface area contributed by atoms with Crippen molar-refractivity contribution in [3.8, 4) is 11.5 Å². The van der Waals surface area contributed by atoms with Crippen molar-refractivity contribution in [3.05, 3.63) is 93.3 Å². The summed E-state index contributed by atoms with van der Waals surface area (Å²) in [5, 5.41) is 3.81. The Morgan fingerprint density at radius 1 is 1.03 bits per heavy atom. The third kappa shape index (κ3) is 5.63. The maximum atomic E-state index is 12.4. The molecule has 33 heavy (non-hydrogen) atoms. The highest BCUT2D eigenvalue weighted by molar-refractivity contribution is 8.18. The van der Waals surface area contributed by atoms with Gasteiger partial charge < -0.3 is 14.8 Å². The molecule has 1 N–H and O–H groups in total. The molecule has 1 saturated heterocycles. The van der Waals surface area contributed by atoms with Gasteiger partial charge in [-0.25, -0.2) is 9.79 Å². The Kier molecular flexibility index (Phi) is 6.82. The van der Waals surface area contributed by atoms with Crippen molar-refractivity contribution in [1.82, 2.24) is 5.32 Å². The second-order valence-electron chi connectivity index (χ2n) is 7.12. The first-order chi connectivity index (χ1) is 15.9. The average molecular weight is 479 g/mol. The van der Waals surface area contributed by atoms with Crippen molar-refractivity contribution in [2.45, 2.75) is 6.92 Å². The van der Waals surface area contributed by atoms with Crippen LogP contribution in [0.25, 0.3) is 6.08 Å². The van der Waals surface area contributed by atoms with Crippen LogP contribution in [0.1, 0.15) is 21.5 Å². The second kappa shape index (κ2) is 9.94.